The Kier molecular flexibility index (Phi) is 3.84. The van der Waals surface area contributed by atoms with E-state index in [9.17, 15) is 4.79 Å². The molecule has 0 aliphatic carbocycles. The summed E-state index contributed by atoms with van der Waals surface area (Å²) in [6, 6.07) is 4.03. The topological polar surface area (TPSA) is 82.4 Å². The van der Waals surface area contributed by atoms with Gasteiger partial charge in [0.2, 0.25) is 0 Å². The van der Waals surface area contributed by atoms with Crippen molar-refractivity contribution in [3.63, 3.8) is 0 Å². The van der Waals surface area contributed by atoms with Crippen LogP contribution >= 0.6 is 11.6 Å². The number of H-pyrrole nitrogens is 1. The van der Waals surface area contributed by atoms with E-state index in [0.717, 1.165) is 49.0 Å². The average molecular weight is 360 g/mol. The smallest absolute Gasteiger partial charge is 0.285 e. The van der Waals surface area contributed by atoms with E-state index in [1.165, 1.54) is 0 Å². The lowest BCUT2D eigenvalue weighted by Crippen LogP contribution is -2.47. The highest BCUT2D eigenvalue weighted by Gasteiger charge is 2.22. The lowest BCUT2D eigenvalue weighted by atomic mass is 10.2. The molecule has 0 bridgehead atoms. The number of anilines is 2. The summed E-state index contributed by atoms with van der Waals surface area (Å²) in [5.41, 5.74) is 3.08. The van der Waals surface area contributed by atoms with Crippen LogP contribution in [-0.2, 0) is 0 Å². The fourth-order valence-electron chi connectivity index (χ4n) is 3.19. The number of nitrogens with one attached hydrogen (secondary N) is 1. The summed E-state index contributed by atoms with van der Waals surface area (Å²) >= 11 is 6.12. The van der Waals surface area contributed by atoms with Gasteiger partial charge in [-0.3, -0.25) is 4.79 Å². The Morgan fingerprint density at radius 3 is 2.56 bits per heavy atom. The number of halogens is 1. The molecule has 3 aromatic rings. The van der Waals surface area contributed by atoms with E-state index in [4.69, 9.17) is 11.6 Å². The van der Waals surface area contributed by atoms with E-state index in [-0.39, 0.29) is 10.6 Å². The molecule has 1 aliphatic rings. The molecule has 0 spiro atoms. The molecule has 0 radical (unpaired) electrons. The molecule has 0 unspecified atom stereocenters. The van der Waals surface area contributed by atoms with Crippen molar-refractivity contribution in [3.8, 4) is 0 Å². The largest absolute Gasteiger partial charge is 0.365 e. The van der Waals surface area contributed by atoms with Crippen molar-refractivity contribution < 1.29 is 0 Å². The molecule has 1 aliphatic heterocycles. The van der Waals surface area contributed by atoms with Crippen LogP contribution < -0.4 is 15.4 Å². The summed E-state index contributed by atoms with van der Waals surface area (Å²) in [5.74, 6) is 1.03. The van der Waals surface area contributed by atoms with Gasteiger partial charge in [0.25, 0.3) is 5.56 Å². The number of rotatable bonds is 2. The van der Waals surface area contributed by atoms with Gasteiger partial charge in [-0.15, -0.1) is 0 Å². The first-order valence-corrected chi connectivity index (χ1v) is 8.48. The van der Waals surface area contributed by atoms with Gasteiger partial charge in [0.15, 0.2) is 5.65 Å². The van der Waals surface area contributed by atoms with Gasteiger partial charge in [-0.05, 0) is 13.8 Å². The summed E-state index contributed by atoms with van der Waals surface area (Å²) in [6.45, 7) is 7.03. The molecule has 0 aromatic carbocycles. The second kappa shape index (κ2) is 6.03. The SMILES string of the molecule is Cc1cc(N2CCN(c3cn[nH]c(=O)c3Cl)CC2)n2nc(C)cc2n1. The molecule has 1 fully saturated rings. The second-order valence-electron chi connectivity index (χ2n) is 6.18. The fourth-order valence-corrected chi connectivity index (χ4v) is 3.40. The third-order valence-corrected chi connectivity index (χ3v) is 4.75. The Morgan fingerprint density at radius 2 is 1.80 bits per heavy atom. The normalized spacial score (nSPS) is 15.2. The molecule has 9 heteroatoms. The Hall–Kier alpha value is -2.61. The fraction of sp³-hybridized carbons (Fsp3) is 0.375. The first kappa shape index (κ1) is 15.9. The standard InChI is InChI=1S/C16H18ClN7O/c1-10-8-14(24-13(19-10)7-11(2)21-24)23-5-3-22(4-6-23)12-9-18-20-16(25)15(12)17/h7-9H,3-6H2,1-2H3,(H,20,25). The van der Waals surface area contributed by atoms with Crippen molar-refractivity contribution in [3.05, 3.63) is 45.1 Å². The second-order valence-corrected chi connectivity index (χ2v) is 6.56. The Bertz CT molecular complexity index is 988. The van der Waals surface area contributed by atoms with Crippen molar-refractivity contribution in [2.45, 2.75) is 13.8 Å². The summed E-state index contributed by atoms with van der Waals surface area (Å²) < 4.78 is 1.89. The number of aromatic nitrogens is 5. The van der Waals surface area contributed by atoms with Gasteiger partial charge in [0.05, 0.1) is 17.6 Å². The van der Waals surface area contributed by atoms with Crippen molar-refractivity contribution >= 4 is 28.8 Å². The third kappa shape index (κ3) is 2.82. The molecule has 0 atom stereocenters. The van der Waals surface area contributed by atoms with E-state index >= 15 is 0 Å². The quantitative estimate of drug-likeness (QED) is 0.745. The Labute approximate surface area is 149 Å². The highest BCUT2D eigenvalue weighted by molar-refractivity contribution is 6.33. The van der Waals surface area contributed by atoms with Gasteiger partial charge >= 0.3 is 0 Å². The zero-order valence-electron chi connectivity index (χ0n) is 14.0. The maximum Gasteiger partial charge on any atom is 0.285 e. The summed E-state index contributed by atoms with van der Waals surface area (Å²) in [5, 5.41) is 10.9. The van der Waals surface area contributed by atoms with Crippen LogP contribution in [0.3, 0.4) is 0 Å². The Morgan fingerprint density at radius 1 is 1.08 bits per heavy atom. The summed E-state index contributed by atoms with van der Waals surface area (Å²) in [7, 11) is 0. The molecule has 0 amide bonds. The number of nitrogens with zero attached hydrogens (tertiary/aromatic N) is 6. The molecule has 4 rings (SSSR count). The average Bonchev–Trinajstić information content (AvgIpc) is 2.97. The van der Waals surface area contributed by atoms with E-state index in [1.807, 2.05) is 24.4 Å². The van der Waals surface area contributed by atoms with E-state index < -0.39 is 0 Å². The van der Waals surface area contributed by atoms with Crippen molar-refractivity contribution in [2.24, 2.45) is 0 Å². The first-order valence-electron chi connectivity index (χ1n) is 8.10. The zero-order chi connectivity index (χ0) is 17.6. The van der Waals surface area contributed by atoms with Crippen LogP contribution in [0.5, 0.6) is 0 Å². The number of hydrogen-bond acceptors (Lipinski definition) is 6. The van der Waals surface area contributed by atoms with Crippen LogP contribution in [0.25, 0.3) is 5.65 Å². The van der Waals surface area contributed by atoms with Gasteiger partial charge in [-0.2, -0.15) is 14.7 Å². The molecule has 1 saturated heterocycles. The number of aromatic amines is 1. The van der Waals surface area contributed by atoms with E-state index in [2.05, 4.69) is 36.1 Å². The molecule has 25 heavy (non-hydrogen) atoms. The van der Waals surface area contributed by atoms with Crippen LogP contribution in [0, 0.1) is 13.8 Å². The number of piperazine rings is 1. The number of fused-ring (bicyclic) bond motifs is 1. The minimum Gasteiger partial charge on any atom is -0.365 e. The summed E-state index contributed by atoms with van der Waals surface area (Å²) in [6.07, 6.45) is 1.60. The first-order chi connectivity index (χ1) is 12.0. The maximum atomic E-state index is 11.6. The third-order valence-electron chi connectivity index (χ3n) is 4.38. The Balaban J connectivity index is 1.60. The van der Waals surface area contributed by atoms with Gasteiger partial charge < -0.3 is 9.80 Å². The monoisotopic (exact) mass is 359 g/mol. The van der Waals surface area contributed by atoms with Crippen molar-refractivity contribution in [1.82, 2.24) is 24.8 Å². The number of aryl methyl sites for hydroxylation is 2. The lowest BCUT2D eigenvalue weighted by molar-refractivity contribution is 0.636. The van der Waals surface area contributed by atoms with Crippen molar-refractivity contribution in [2.75, 3.05) is 36.0 Å². The predicted octanol–water partition coefficient (Wildman–Crippen LogP) is 1.41. The summed E-state index contributed by atoms with van der Waals surface area (Å²) in [4.78, 5) is 20.5. The number of hydrogen-bond donors (Lipinski definition) is 1. The maximum absolute atomic E-state index is 11.6. The molecular weight excluding hydrogens is 342 g/mol. The van der Waals surface area contributed by atoms with E-state index in [1.54, 1.807) is 6.20 Å². The van der Waals surface area contributed by atoms with Gasteiger partial charge in [-0.25, -0.2) is 10.1 Å². The van der Waals surface area contributed by atoms with Gasteiger partial charge in [-0.1, -0.05) is 11.6 Å². The zero-order valence-corrected chi connectivity index (χ0v) is 14.8. The molecular formula is C16H18ClN7O. The van der Waals surface area contributed by atoms with Crippen LogP contribution in [0.4, 0.5) is 11.5 Å². The van der Waals surface area contributed by atoms with Gasteiger partial charge in [0, 0.05) is 44.0 Å². The minimum atomic E-state index is -0.361. The van der Waals surface area contributed by atoms with Crippen LogP contribution in [-0.4, -0.2) is 51.0 Å². The lowest BCUT2D eigenvalue weighted by Gasteiger charge is -2.37. The molecule has 1 N–H and O–H groups in total. The molecule has 8 nitrogen and oxygen atoms in total. The van der Waals surface area contributed by atoms with Crippen molar-refractivity contribution in [1.29, 1.82) is 0 Å². The molecule has 0 saturated carbocycles. The highest BCUT2D eigenvalue weighted by atomic mass is 35.5. The van der Waals surface area contributed by atoms with Gasteiger partial charge in [0.1, 0.15) is 10.8 Å². The minimum absolute atomic E-state index is 0.188. The molecule has 130 valence electrons. The highest BCUT2D eigenvalue weighted by Crippen LogP contribution is 2.24. The van der Waals surface area contributed by atoms with Crippen LogP contribution in [0.2, 0.25) is 5.02 Å². The van der Waals surface area contributed by atoms with E-state index in [0.29, 0.717) is 5.69 Å². The van der Waals surface area contributed by atoms with Crippen LogP contribution in [0.15, 0.2) is 23.1 Å². The molecule has 4 heterocycles. The molecule has 3 aromatic heterocycles. The predicted molar refractivity (Wildman–Crippen MR) is 96.8 cm³/mol. The van der Waals surface area contributed by atoms with Crippen LogP contribution in [0.1, 0.15) is 11.4 Å².